The van der Waals surface area contributed by atoms with E-state index in [9.17, 15) is 18.4 Å². The Hall–Kier alpha value is -2.57. The maximum absolute atomic E-state index is 14.1. The largest absolute Gasteiger partial charge is 0.479 e. The number of amides is 1. The van der Waals surface area contributed by atoms with Crippen LogP contribution < -0.4 is 0 Å². The number of benzene rings is 1. The Labute approximate surface area is 130 Å². The lowest BCUT2D eigenvalue weighted by molar-refractivity contribution is -0.149. The monoisotopic (exact) mass is 320 g/mol. The number of aromatic nitrogens is 1. The smallest absolute Gasteiger partial charge is 0.343 e. The number of hydrogen-bond acceptors (Lipinski definition) is 3. The van der Waals surface area contributed by atoms with E-state index in [1.807, 2.05) is 0 Å². The molecule has 1 unspecified atom stereocenters. The van der Waals surface area contributed by atoms with Crippen molar-refractivity contribution < 1.29 is 23.5 Å². The minimum Gasteiger partial charge on any atom is -0.479 e. The minimum absolute atomic E-state index is 0.0303. The number of nitrogens with zero attached hydrogens (tertiary/aromatic N) is 2. The van der Waals surface area contributed by atoms with Crippen LogP contribution in [0.25, 0.3) is 10.9 Å². The van der Waals surface area contributed by atoms with E-state index >= 15 is 0 Å². The van der Waals surface area contributed by atoms with Gasteiger partial charge in [-0.05, 0) is 25.1 Å². The molecule has 1 N–H and O–H groups in total. The van der Waals surface area contributed by atoms with E-state index in [0.717, 1.165) is 0 Å². The summed E-state index contributed by atoms with van der Waals surface area (Å²) in [4.78, 5) is 28.9. The van der Waals surface area contributed by atoms with Crippen LogP contribution in [-0.4, -0.2) is 45.6 Å². The van der Waals surface area contributed by atoms with Gasteiger partial charge in [0.1, 0.15) is 5.82 Å². The molecule has 1 aromatic carbocycles. The summed E-state index contributed by atoms with van der Waals surface area (Å²) in [6, 6.07) is 5.61. The summed E-state index contributed by atoms with van der Waals surface area (Å²) < 4.78 is 27.3. The fraction of sp³-hybridized carbons (Fsp3) is 0.312. The predicted molar refractivity (Wildman–Crippen MR) is 78.4 cm³/mol. The Morgan fingerprint density at radius 3 is 2.74 bits per heavy atom. The third kappa shape index (κ3) is 2.62. The Morgan fingerprint density at radius 2 is 2.09 bits per heavy atom. The van der Waals surface area contributed by atoms with E-state index in [1.165, 1.54) is 23.1 Å². The van der Waals surface area contributed by atoms with E-state index in [4.69, 9.17) is 5.11 Å². The second-order valence-corrected chi connectivity index (χ2v) is 5.71. The number of aryl methyl sites for hydroxylation is 1. The average molecular weight is 320 g/mol. The summed E-state index contributed by atoms with van der Waals surface area (Å²) >= 11 is 0. The number of halogens is 2. The molecule has 120 valence electrons. The summed E-state index contributed by atoms with van der Waals surface area (Å²) in [6.07, 6.45) is -0.237. The molecule has 0 bridgehead atoms. The van der Waals surface area contributed by atoms with Crippen LogP contribution in [0.2, 0.25) is 0 Å². The highest BCUT2D eigenvalue weighted by molar-refractivity contribution is 5.99. The van der Waals surface area contributed by atoms with Crippen molar-refractivity contribution in [1.29, 1.82) is 0 Å². The molecular weight excluding hydrogens is 306 g/mol. The highest BCUT2D eigenvalue weighted by Gasteiger charge is 2.47. The van der Waals surface area contributed by atoms with Crippen LogP contribution in [0.1, 0.15) is 22.5 Å². The van der Waals surface area contributed by atoms with Gasteiger partial charge in [-0.3, -0.25) is 9.78 Å². The van der Waals surface area contributed by atoms with Gasteiger partial charge in [-0.2, -0.15) is 0 Å². The average Bonchev–Trinajstić information content (AvgIpc) is 2.90. The standard InChI is InChI=1S/C16H14F2N2O3/c1-9-12(6-10-2-3-11(17)7-13(10)19-9)14(21)20-5-4-16(18,8-20)15(22)23/h2-3,6-7H,4-5,8H2,1H3,(H,22,23). The lowest BCUT2D eigenvalue weighted by Gasteiger charge is -2.18. The quantitative estimate of drug-likeness (QED) is 0.922. The molecule has 0 saturated carbocycles. The zero-order valence-corrected chi connectivity index (χ0v) is 12.3. The van der Waals surface area contributed by atoms with Crippen LogP contribution in [0.3, 0.4) is 0 Å². The Balaban J connectivity index is 1.94. The molecule has 1 fully saturated rings. The van der Waals surface area contributed by atoms with E-state index in [2.05, 4.69) is 4.98 Å². The molecule has 0 aliphatic carbocycles. The number of carboxylic acids is 1. The van der Waals surface area contributed by atoms with Gasteiger partial charge in [0.25, 0.3) is 5.91 Å². The molecule has 3 rings (SSSR count). The van der Waals surface area contributed by atoms with Crippen molar-refractivity contribution in [3.05, 3.63) is 41.3 Å². The molecule has 1 saturated heterocycles. The highest BCUT2D eigenvalue weighted by Crippen LogP contribution is 2.28. The van der Waals surface area contributed by atoms with E-state index in [-0.39, 0.29) is 18.5 Å². The fourth-order valence-corrected chi connectivity index (χ4v) is 2.74. The van der Waals surface area contributed by atoms with Crippen molar-refractivity contribution in [2.75, 3.05) is 13.1 Å². The summed E-state index contributed by atoms with van der Waals surface area (Å²) in [5.41, 5.74) is -1.33. The molecule has 0 spiro atoms. The molecule has 5 nitrogen and oxygen atoms in total. The van der Waals surface area contributed by atoms with Gasteiger partial charge in [0.15, 0.2) is 0 Å². The number of carbonyl (C=O) groups excluding carboxylic acids is 1. The molecule has 0 radical (unpaired) electrons. The van der Waals surface area contributed by atoms with Gasteiger partial charge < -0.3 is 10.0 Å². The zero-order valence-electron chi connectivity index (χ0n) is 12.3. The number of aliphatic carboxylic acids is 1. The van der Waals surface area contributed by atoms with Crippen LogP contribution in [0.15, 0.2) is 24.3 Å². The van der Waals surface area contributed by atoms with Crippen molar-refractivity contribution in [2.24, 2.45) is 0 Å². The molecule has 1 atom stereocenters. The van der Waals surface area contributed by atoms with Gasteiger partial charge in [-0.15, -0.1) is 0 Å². The topological polar surface area (TPSA) is 70.5 Å². The summed E-state index contributed by atoms with van der Waals surface area (Å²) in [5.74, 6) is -2.45. The van der Waals surface area contributed by atoms with Gasteiger partial charge >= 0.3 is 5.97 Å². The van der Waals surface area contributed by atoms with Crippen molar-refractivity contribution >= 4 is 22.8 Å². The molecule has 1 aliphatic rings. The van der Waals surface area contributed by atoms with Crippen LogP contribution in [0.5, 0.6) is 0 Å². The number of likely N-dealkylation sites (tertiary alicyclic amines) is 1. The molecule has 1 aliphatic heterocycles. The normalized spacial score (nSPS) is 20.9. The molecule has 7 heteroatoms. The Bertz CT molecular complexity index is 824. The first-order chi connectivity index (χ1) is 10.8. The van der Waals surface area contributed by atoms with Crippen molar-refractivity contribution in [1.82, 2.24) is 9.88 Å². The van der Waals surface area contributed by atoms with E-state index in [0.29, 0.717) is 16.6 Å². The molecule has 1 amide bonds. The Kier molecular flexibility index (Phi) is 3.50. The van der Waals surface area contributed by atoms with Gasteiger partial charge in [-0.25, -0.2) is 13.6 Å². The first-order valence-electron chi connectivity index (χ1n) is 7.09. The Morgan fingerprint density at radius 1 is 1.35 bits per heavy atom. The lowest BCUT2D eigenvalue weighted by Crippen LogP contribution is -2.39. The number of rotatable bonds is 2. The number of carboxylic acid groups (broad SMARTS) is 1. The third-order valence-electron chi connectivity index (χ3n) is 4.09. The molecule has 2 aromatic rings. The van der Waals surface area contributed by atoms with Crippen LogP contribution in [-0.2, 0) is 4.79 Å². The summed E-state index contributed by atoms with van der Waals surface area (Å²) in [7, 11) is 0. The third-order valence-corrected chi connectivity index (χ3v) is 4.09. The van der Waals surface area contributed by atoms with Crippen molar-refractivity contribution in [3.8, 4) is 0 Å². The number of alkyl halides is 1. The van der Waals surface area contributed by atoms with Gasteiger partial charge in [-0.1, -0.05) is 0 Å². The number of fused-ring (bicyclic) bond motifs is 1. The second kappa shape index (κ2) is 5.26. The number of pyridine rings is 1. The fourth-order valence-electron chi connectivity index (χ4n) is 2.74. The van der Waals surface area contributed by atoms with E-state index in [1.54, 1.807) is 13.0 Å². The molecule has 23 heavy (non-hydrogen) atoms. The zero-order chi connectivity index (χ0) is 16.8. The van der Waals surface area contributed by atoms with Crippen LogP contribution >= 0.6 is 0 Å². The summed E-state index contributed by atoms with van der Waals surface area (Å²) in [6.45, 7) is 1.15. The first kappa shape index (κ1) is 15.3. The summed E-state index contributed by atoms with van der Waals surface area (Å²) in [5, 5.41) is 9.49. The predicted octanol–water partition coefficient (Wildman–Crippen LogP) is 2.32. The van der Waals surface area contributed by atoms with Gasteiger partial charge in [0.2, 0.25) is 5.67 Å². The molecule has 2 heterocycles. The number of hydrogen-bond donors (Lipinski definition) is 1. The van der Waals surface area contributed by atoms with Gasteiger partial charge in [0.05, 0.1) is 23.3 Å². The van der Waals surface area contributed by atoms with Crippen LogP contribution in [0, 0.1) is 12.7 Å². The van der Waals surface area contributed by atoms with E-state index < -0.39 is 29.9 Å². The lowest BCUT2D eigenvalue weighted by atomic mass is 10.1. The van der Waals surface area contributed by atoms with Crippen LogP contribution in [0.4, 0.5) is 8.78 Å². The molecule has 1 aromatic heterocycles. The van der Waals surface area contributed by atoms with Crippen molar-refractivity contribution in [3.63, 3.8) is 0 Å². The first-order valence-corrected chi connectivity index (χ1v) is 7.09. The number of carbonyl (C=O) groups is 2. The van der Waals surface area contributed by atoms with Crippen molar-refractivity contribution in [2.45, 2.75) is 19.0 Å². The minimum atomic E-state index is -2.41. The molecular formula is C16H14F2N2O3. The second-order valence-electron chi connectivity index (χ2n) is 5.71. The highest BCUT2D eigenvalue weighted by atomic mass is 19.1. The maximum Gasteiger partial charge on any atom is 0.343 e. The SMILES string of the molecule is Cc1nc2cc(F)ccc2cc1C(=O)N1CCC(F)(C(=O)O)C1. The maximum atomic E-state index is 14.1. The van der Waals surface area contributed by atoms with Gasteiger partial charge in [0, 0.05) is 24.4 Å².